The number of hydrogen-bond acceptors (Lipinski definition) is 8. The molecule has 0 atom stereocenters. The molecule has 0 aliphatic rings. The van der Waals surface area contributed by atoms with E-state index in [-0.39, 0.29) is 36.3 Å². The quantitative estimate of drug-likeness (QED) is 0.282. The van der Waals surface area contributed by atoms with Crippen LogP contribution in [0.3, 0.4) is 0 Å². The zero-order chi connectivity index (χ0) is 24.2. The first-order chi connectivity index (χ1) is 16.5. The lowest BCUT2D eigenvalue weighted by molar-refractivity contribution is -0.116. The number of nitrogen functional groups attached to an aromatic ring is 1. The number of carbonyl (C=O) groups is 1. The smallest absolute Gasteiger partial charge is 0.330 e. The molecular weight excluding hydrogens is 460 g/mol. The fourth-order valence-corrected chi connectivity index (χ4v) is 4.50. The van der Waals surface area contributed by atoms with Gasteiger partial charge in [0.25, 0.3) is 5.56 Å². The molecule has 0 saturated carbocycles. The minimum atomic E-state index is -0.715. The summed E-state index contributed by atoms with van der Waals surface area (Å²) in [5, 5.41) is 7.70. The molecular formula is C21H26N8O4S. The van der Waals surface area contributed by atoms with Gasteiger partial charge in [-0.1, -0.05) is 37.2 Å². The van der Waals surface area contributed by atoms with Crippen molar-refractivity contribution < 1.29 is 9.53 Å². The van der Waals surface area contributed by atoms with Crippen molar-refractivity contribution in [2.45, 2.75) is 31.5 Å². The third-order valence-corrected chi connectivity index (χ3v) is 6.29. The number of imidazole rings is 1. The summed E-state index contributed by atoms with van der Waals surface area (Å²) >= 11 is 1.20. The number of thioether (sulfide) groups is 1. The minimum absolute atomic E-state index is 0.0247. The molecule has 0 bridgehead atoms. The average Bonchev–Trinajstić information content (AvgIpc) is 3.38. The second kappa shape index (κ2) is 10.1. The highest BCUT2D eigenvalue weighted by molar-refractivity contribution is 7.99. The molecule has 0 radical (unpaired) electrons. The van der Waals surface area contributed by atoms with E-state index >= 15 is 0 Å². The lowest BCUT2D eigenvalue weighted by Gasteiger charge is -2.24. The number of anilines is 2. The number of methoxy groups -OCH3 is 1. The predicted octanol–water partition coefficient (Wildman–Crippen LogP) is 1.21. The van der Waals surface area contributed by atoms with Crippen molar-refractivity contribution in [3.05, 3.63) is 45.1 Å². The van der Waals surface area contributed by atoms with Crippen LogP contribution in [-0.4, -0.2) is 61.1 Å². The van der Waals surface area contributed by atoms with Crippen molar-refractivity contribution >= 4 is 46.0 Å². The van der Waals surface area contributed by atoms with Gasteiger partial charge >= 0.3 is 5.69 Å². The molecule has 1 aromatic carbocycles. The van der Waals surface area contributed by atoms with Gasteiger partial charge in [-0.25, -0.2) is 14.9 Å². The van der Waals surface area contributed by atoms with Gasteiger partial charge in [0, 0.05) is 20.2 Å². The van der Waals surface area contributed by atoms with Gasteiger partial charge in [-0.15, -0.1) is 5.10 Å². The van der Waals surface area contributed by atoms with E-state index in [1.165, 1.54) is 28.3 Å². The topological polar surface area (TPSA) is 156 Å². The molecule has 180 valence electrons. The Morgan fingerprint density at radius 3 is 2.85 bits per heavy atom. The fourth-order valence-electron chi connectivity index (χ4n) is 3.66. The van der Waals surface area contributed by atoms with Crippen LogP contribution in [0.1, 0.15) is 19.8 Å². The number of aromatic nitrogens is 6. The number of carbonyl (C=O) groups excluding carboxylic acids is 1. The number of hydrogen-bond donors (Lipinski definition) is 3. The van der Waals surface area contributed by atoms with Gasteiger partial charge in [0.15, 0.2) is 10.8 Å². The highest BCUT2D eigenvalue weighted by atomic mass is 32.2. The van der Waals surface area contributed by atoms with Crippen LogP contribution in [0.15, 0.2) is 39.0 Å². The normalized spacial score (nSPS) is 11.5. The number of aromatic amines is 2. The molecule has 4 aromatic rings. The molecule has 0 unspecified atom stereocenters. The van der Waals surface area contributed by atoms with E-state index in [9.17, 15) is 14.4 Å². The number of fused-ring (bicyclic) bond motifs is 3. The Balaban J connectivity index is 1.64. The summed E-state index contributed by atoms with van der Waals surface area (Å²) in [6.07, 6.45) is 1.54. The lowest BCUT2D eigenvalue weighted by atomic mass is 10.3. The van der Waals surface area contributed by atoms with Crippen molar-refractivity contribution in [3.63, 3.8) is 0 Å². The Morgan fingerprint density at radius 2 is 2.09 bits per heavy atom. The molecule has 1 amide bonds. The first-order valence-corrected chi connectivity index (χ1v) is 11.8. The van der Waals surface area contributed by atoms with Gasteiger partial charge in [0.05, 0.1) is 23.4 Å². The molecule has 0 saturated heterocycles. The average molecular weight is 487 g/mol. The van der Waals surface area contributed by atoms with Crippen LogP contribution in [0.4, 0.5) is 11.5 Å². The van der Waals surface area contributed by atoms with E-state index in [2.05, 4.69) is 20.2 Å². The SMILES string of the molecule is CCCCn1c(N)c(N(CCOC)C(=O)CSc2n[nH]c3nc4ccccc4n23)c(=O)[nH]c1=O. The summed E-state index contributed by atoms with van der Waals surface area (Å²) in [5.74, 6) is 0.124. The summed E-state index contributed by atoms with van der Waals surface area (Å²) in [7, 11) is 1.50. The van der Waals surface area contributed by atoms with E-state index in [4.69, 9.17) is 10.5 Å². The van der Waals surface area contributed by atoms with Gasteiger partial charge < -0.3 is 15.4 Å². The number of rotatable bonds is 10. The maximum atomic E-state index is 13.3. The summed E-state index contributed by atoms with van der Waals surface area (Å²) in [6, 6.07) is 7.61. The molecule has 13 heteroatoms. The van der Waals surface area contributed by atoms with Gasteiger partial charge in [0.2, 0.25) is 11.7 Å². The molecule has 0 spiro atoms. The number of nitrogens with zero attached hydrogens (tertiary/aromatic N) is 5. The Hall–Kier alpha value is -3.58. The van der Waals surface area contributed by atoms with Crippen molar-refractivity contribution in [3.8, 4) is 0 Å². The zero-order valence-electron chi connectivity index (χ0n) is 18.9. The van der Waals surface area contributed by atoms with E-state index in [1.807, 2.05) is 35.6 Å². The summed E-state index contributed by atoms with van der Waals surface area (Å²) in [5.41, 5.74) is 6.52. The van der Waals surface area contributed by atoms with Crippen molar-refractivity contribution in [1.82, 2.24) is 29.1 Å². The molecule has 3 heterocycles. The molecule has 0 fully saturated rings. The fraction of sp³-hybridized carbons (Fsp3) is 0.381. The maximum absolute atomic E-state index is 13.3. The van der Waals surface area contributed by atoms with Crippen LogP contribution in [0.2, 0.25) is 0 Å². The van der Waals surface area contributed by atoms with Crippen molar-refractivity contribution in [2.75, 3.05) is 36.6 Å². The molecule has 34 heavy (non-hydrogen) atoms. The van der Waals surface area contributed by atoms with Crippen LogP contribution in [-0.2, 0) is 16.1 Å². The summed E-state index contributed by atoms with van der Waals surface area (Å²) in [6.45, 7) is 2.60. The van der Waals surface area contributed by atoms with Crippen LogP contribution in [0.5, 0.6) is 0 Å². The Labute approximate surface area is 198 Å². The Morgan fingerprint density at radius 1 is 1.29 bits per heavy atom. The molecule has 3 aromatic heterocycles. The van der Waals surface area contributed by atoms with E-state index < -0.39 is 11.2 Å². The van der Waals surface area contributed by atoms with Gasteiger partial charge in [-0.05, 0) is 18.6 Å². The molecule has 4 N–H and O–H groups in total. The Bertz CT molecular complexity index is 1440. The first kappa shape index (κ1) is 23.6. The van der Waals surface area contributed by atoms with Crippen LogP contribution < -0.4 is 21.9 Å². The molecule has 0 aliphatic heterocycles. The number of amides is 1. The number of para-hydroxylation sites is 2. The highest BCUT2D eigenvalue weighted by Gasteiger charge is 2.25. The number of unbranched alkanes of at least 4 members (excludes halogenated alkanes) is 1. The number of H-pyrrole nitrogens is 2. The van der Waals surface area contributed by atoms with Crippen LogP contribution in [0, 0.1) is 0 Å². The Kier molecular flexibility index (Phi) is 7.03. The van der Waals surface area contributed by atoms with E-state index in [1.54, 1.807) is 0 Å². The number of nitrogens with two attached hydrogens (primary N) is 1. The van der Waals surface area contributed by atoms with Crippen LogP contribution in [0.25, 0.3) is 16.8 Å². The molecule has 0 aliphatic carbocycles. The van der Waals surface area contributed by atoms with Crippen molar-refractivity contribution in [1.29, 1.82) is 0 Å². The molecule has 12 nitrogen and oxygen atoms in total. The number of nitrogens with one attached hydrogen (secondary N) is 2. The van der Waals surface area contributed by atoms with Gasteiger partial charge in [-0.2, -0.15) is 0 Å². The van der Waals surface area contributed by atoms with Gasteiger partial charge in [-0.3, -0.25) is 23.5 Å². The van der Waals surface area contributed by atoms with E-state index in [0.29, 0.717) is 23.9 Å². The first-order valence-electron chi connectivity index (χ1n) is 10.8. The predicted molar refractivity (Wildman–Crippen MR) is 130 cm³/mol. The number of ether oxygens (including phenoxy) is 1. The number of benzene rings is 1. The van der Waals surface area contributed by atoms with Gasteiger partial charge in [0.1, 0.15) is 5.82 Å². The third kappa shape index (κ3) is 4.43. The highest BCUT2D eigenvalue weighted by Crippen LogP contribution is 2.24. The summed E-state index contributed by atoms with van der Waals surface area (Å²) < 4.78 is 8.26. The minimum Gasteiger partial charge on any atom is -0.383 e. The second-order valence-corrected chi connectivity index (χ2v) is 8.53. The van der Waals surface area contributed by atoms with Crippen LogP contribution >= 0.6 is 11.8 Å². The maximum Gasteiger partial charge on any atom is 0.330 e. The lowest BCUT2D eigenvalue weighted by Crippen LogP contribution is -2.43. The van der Waals surface area contributed by atoms with E-state index in [0.717, 1.165) is 17.5 Å². The monoisotopic (exact) mass is 486 g/mol. The zero-order valence-corrected chi connectivity index (χ0v) is 19.7. The second-order valence-electron chi connectivity index (χ2n) is 7.59. The third-order valence-electron chi connectivity index (χ3n) is 5.37. The largest absolute Gasteiger partial charge is 0.383 e. The van der Waals surface area contributed by atoms with Crippen molar-refractivity contribution in [2.24, 2.45) is 0 Å². The standard InChI is InChI=1S/C21H26N8O4S/c1-3-4-9-28-17(22)16(18(31)24-20(28)32)27(10-11-33-2)15(30)12-34-21-26-25-19-23-13-7-5-6-8-14(13)29(19)21/h5-8H,3-4,9-12,22H2,1-2H3,(H,23,25)(H,24,31,32). The molecule has 4 rings (SSSR count). The summed E-state index contributed by atoms with van der Waals surface area (Å²) in [4.78, 5) is 46.3.